The van der Waals surface area contributed by atoms with E-state index in [2.05, 4.69) is 10.6 Å². The van der Waals surface area contributed by atoms with E-state index in [0.29, 0.717) is 30.9 Å². The number of carbonyl (C=O) groups is 3. The number of ether oxygens (including phenoxy) is 1. The van der Waals surface area contributed by atoms with Crippen molar-refractivity contribution in [3.8, 4) is 5.75 Å². The molecule has 1 aliphatic rings. The molecule has 1 heterocycles. The first-order valence-electron chi connectivity index (χ1n) is 8.12. The summed E-state index contributed by atoms with van der Waals surface area (Å²) in [7, 11) is 0. The van der Waals surface area contributed by atoms with Crippen LogP contribution in [-0.4, -0.2) is 41.4 Å². The molecule has 7 heteroatoms. The van der Waals surface area contributed by atoms with Crippen LogP contribution >= 0.6 is 0 Å². The third-order valence-corrected chi connectivity index (χ3v) is 4.20. The molecule has 0 saturated carbocycles. The van der Waals surface area contributed by atoms with Gasteiger partial charge in [-0.25, -0.2) is 4.79 Å². The van der Waals surface area contributed by atoms with E-state index in [4.69, 9.17) is 4.74 Å². The minimum absolute atomic E-state index is 0.306. The molecule has 0 radical (unpaired) electrons. The quantitative estimate of drug-likeness (QED) is 0.748. The van der Waals surface area contributed by atoms with Gasteiger partial charge in [-0.2, -0.15) is 0 Å². The van der Waals surface area contributed by atoms with Crippen LogP contribution in [0.5, 0.6) is 5.75 Å². The maximum Gasteiger partial charge on any atom is 0.325 e. The van der Waals surface area contributed by atoms with E-state index < -0.39 is 17.5 Å². The second kappa shape index (κ2) is 7.33. The minimum atomic E-state index is -0.892. The zero-order valence-electron chi connectivity index (χ0n) is 14.2. The van der Waals surface area contributed by atoms with Crippen LogP contribution in [0, 0.1) is 0 Å². The van der Waals surface area contributed by atoms with Gasteiger partial charge in [0, 0.05) is 5.69 Å². The average Bonchev–Trinajstić information content (AvgIpc) is 2.81. The van der Waals surface area contributed by atoms with E-state index in [0.717, 1.165) is 4.90 Å². The number of nitrogens with zero attached hydrogens (tertiary/aromatic N) is 1. The number of amides is 4. The molecule has 1 saturated heterocycles. The first-order chi connectivity index (χ1) is 11.5. The van der Waals surface area contributed by atoms with Crippen molar-refractivity contribution in [3.63, 3.8) is 0 Å². The maximum atomic E-state index is 12.5. The Morgan fingerprint density at radius 3 is 2.29 bits per heavy atom. The highest BCUT2D eigenvalue weighted by molar-refractivity contribution is 6.10. The second-order valence-corrected chi connectivity index (χ2v) is 5.62. The summed E-state index contributed by atoms with van der Waals surface area (Å²) in [5.74, 6) is -0.0646. The first kappa shape index (κ1) is 17.8. The number of hydrogen-bond donors (Lipinski definition) is 2. The van der Waals surface area contributed by atoms with Gasteiger partial charge in [-0.3, -0.25) is 14.5 Å². The van der Waals surface area contributed by atoms with Crippen LogP contribution in [0.15, 0.2) is 24.3 Å². The van der Waals surface area contributed by atoms with Gasteiger partial charge in [0.1, 0.15) is 17.8 Å². The molecule has 130 valence electrons. The summed E-state index contributed by atoms with van der Waals surface area (Å²) in [6.07, 6.45) is 0.982. The number of urea groups is 1. The molecule has 0 aliphatic carbocycles. The number of carbonyl (C=O) groups excluding carboxylic acids is 3. The molecular formula is C17H23N3O4. The van der Waals surface area contributed by atoms with Crippen LogP contribution in [0.2, 0.25) is 0 Å². The molecule has 7 nitrogen and oxygen atoms in total. The molecule has 2 rings (SSSR count). The number of nitrogens with one attached hydrogen (secondary N) is 2. The summed E-state index contributed by atoms with van der Waals surface area (Å²) in [5.41, 5.74) is -0.316. The maximum absolute atomic E-state index is 12.5. The number of imide groups is 1. The van der Waals surface area contributed by atoms with Gasteiger partial charge >= 0.3 is 6.03 Å². The third-order valence-electron chi connectivity index (χ3n) is 4.20. The molecule has 0 atom stereocenters. The van der Waals surface area contributed by atoms with E-state index in [1.165, 1.54) is 0 Å². The average molecular weight is 333 g/mol. The van der Waals surface area contributed by atoms with Crippen molar-refractivity contribution in [3.05, 3.63) is 24.3 Å². The summed E-state index contributed by atoms with van der Waals surface area (Å²) in [5, 5.41) is 5.37. The Hall–Kier alpha value is -2.57. The van der Waals surface area contributed by atoms with E-state index in [1.54, 1.807) is 24.3 Å². The van der Waals surface area contributed by atoms with Crippen molar-refractivity contribution in [2.45, 2.75) is 39.2 Å². The van der Waals surface area contributed by atoms with Crippen LogP contribution in [0.25, 0.3) is 0 Å². The molecule has 0 aromatic heterocycles. The molecule has 24 heavy (non-hydrogen) atoms. The summed E-state index contributed by atoms with van der Waals surface area (Å²) >= 11 is 0. The monoisotopic (exact) mass is 333 g/mol. The van der Waals surface area contributed by atoms with Gasteiger partial charge in [0.2, 0.25) is 5.91 Å². The van der Waals surface area contributed by atoms with Gasteiger partial charge in [-0.15, -0.1) is 0 Å². The van der Waals surface area contributed by atoms with Crippen LogP contribution < -0.4 is 15.4 Å². The van der Waals surface area contributed by atoms with Gasteiger partial charge < -0.3 is 15.4 Å². The van der Waals surface area contributed by atoms with Crippen LogP contribution in [-0.2, 0) is 9.59 Å². The van der Waals surface area contributed by atoms with Crippen molar-refractivity contribution in [2.75, 3.05) is 18.5 Å². The van der Waals surface area contributed by atoms with Crippen molar-refractivity contribution in [2.24, 2.45) is 0 Å². The smallest absolute Gasteiger partial charge is 0.325 e. The fourth-order valence-corrected chi connectivity index (χ4v) is 2.69. The highest BCUT2D eigenvalue weighted by atomic mass is 16.5. The Morgan fingerprint density at radius 2 is 1.79 bits per heavy atom. The lowest BCUT2D eigenvalue weighted by Crippen LogP contribution is -2.46. The molecule has 1 aliphatic heterocycles. The standard InChI is InChI=1S/C17H23N3O4/c1-4-17(5-2)15(22)20(16(23)19-17)11-14(21)18-12-7-9-13(10-8-12)24-6-3/h7-10H,4-6,11H2,1-3H3,(H,18,21)(H,19,23). The molecule has 0 bridgehead atoms. The second-order valence-electron chi connectivity index (χ2n) is 5.62. The zero-order valence-corrected chi connectivity index (χ0v) is 14.2. The molecular weight excluding hydrogens is 310 g/mol. The Bertz CT molecular complexity index is 623. The van der Waals surface area contributed by atoms with Gasteiger partial charge in [0.25, 0.3) is 5.91 Å². The summed E-state index contributed by atoms with van der Waals surface area (Å²) in [6.45, 7) is 5.82. The highest BCUT2D eigenvalue weighted by Gasteiger charge is 2.49. The van der Waals surface area contributed by atoms with Crippen LogP contribution in [0.4, 0.5) is 10.5 Å². The third kappa shape index (κ3) is 3.50. The molecule has 1 aromatic carbocycles. The number of rotatable bonds is 7. The Balaban J connectivity index is 1.99. The number of benzene rings is 1. The summed E-state index contributed by atoms with van der Waals surface area (Å²) < 4.78 is 5.33. The number of anilines is 1. The van der Waals surface area contributed by atoms with E-state index in [9.17, 15) is 14.4 Å². The topological polar surface area (TPSA) is 87.7 Å². The lowest BCUT2D eigenvalue weighted by atomic mass is 9.93. The highest BCUT2D eigenvalue weighted by Crippen LogP contribution is 2.24. The fourth-order valence-electron chi connectivity index (χ4n) is 2.69. The van der Waals surface area contributed by atoms with Crippen molar-refractivity contribution >= 4 is 23.5 Å². The Kier molecular flexibility index (Phi) is 5.43. The van der Waals surface area contributed by atoms with E-state index >= 15 is 0 Å². The molecule has 0 unspecified atom stereocenters. The lowest BCUT2D eigenvalue weighted by molar-refractivity contribution is -0.134. The van der Waals surface area contributed by atoms with Gasteiger partial charge in [-0.1, -0.05) is 13.8 Å². The fraction of sp³-hybridized carbons (Fsp3) is 0.471. The Labute approximate surface area is 141 Å². The van der Waals surface area contributed by atoms with E-state index in [1.807, 2.05) is 20.8 Å². The number of hydrogen-bond acceptors (Lipinski definition) is 4. The normalized spacial score (nSPS) is 16.0. The van der Waals surface area contributed by atoms with Gasteiger partial charge in [-0.05, 0) is 44.0 Å². The molecule has 1 fully saturated rings. The summed E-state index contributed by atoms with van der Waals surface area (Å²) in [6, 6.07) is 6.37. The van der Waals surface area contributed by atoms with Gasteiger partial charge in [0.05, 0.1) is 6.61 Å². The van der Waals surface area contributed by atoms with Gasteiger partial charge in [0.15, 0.2) is 0 Å². The van der Waals surface area contributed by atoms with E-state index in [-0.39, 0.29) is 12.5 Å². The predicted molar refractivity (Wildman–Crippen MR) is 89.8 cm³/mol. The van der Waals surface area contributed by atoms with Crippen LogP contribution in [0.3, 0.4) is 0 Å². The zero-order chi connectivity index (χ0) is 17.7. The largest absolute Gasteiger partial charge is 0.494 e. The molecule has 0 spiro atoms. The molecule has 1 aromatic rings. The molecule has 4 amide bonds. The summed E-state index contributed by atoms with van der Waals surface area (Å²) in [4.78, 5) is 37.6. The van der Waals surface area contributed by atoms with Crippen molar-refractivity contribution in [1.82, 2.24) is 10.2 Å². The van der Waals surface area contributed by atoms with Crippen LogP contribution in [0.1, 0.15) is 33.6 Å². The van der Waals surface area contributed by atoms with Crippen molar-refractivity contribution < 1.29 is 19.1 Å². The first-order valence-corrected chi connectivity index (χ1v) is 8.12. The Morgan fingerprint density at radius 1 is 1.17 bits per heavy atom. The lowest BCUT2D eigenvalue weighted by Gasteiger charge is -2.23. The van der Waals surface area contributed by atoms with Crippen molar-refractivity contribution in [1.29, 1.82) is 0 Å². The predicted octanol–water partition coefficient (Wildman–Crippen LogP) is 2.13. The molecule has 2 N–H and O–H groups in total. The minimum Gasteiger partial charge on any atom is -0.494 e. The SMILES string of the molecule is CCOc1ccc(NC(=O)CN2C(=O)NC(CC)(CC)C2=O)cc1.